The minimum Gasteiger partial charge on any atom is -0.394 e. The molecule has 3 fully saturated rings. The van der Waals surface area contributed by atoms with Crippen LogP contribution in [-0.4, -0.2) is 35.6 Å². The average molecular weight is 342 g/mol. The van der Waals surface area contributed by atoms with Crippen molar-refractivity contribution >= 4 is 11.8 Å². The van der Waals surface area contributed by atoms with Crippen LogP contribution >= 0.6 is 0 Å². The molecule has 25 heavy (non-hydrogen) atoms. The molecule has 3 aliphatic carbocycles. The molecule has 1 aromatic rings. The van der Waals surface area contributed by atoms with Crippen LogP contribution in [0.15, 0.2) is 30.3 Å². The summed E-state index contributed by atoms with van der Waals surface area (Å²) >= 11 is 0. The maximum absolute atomic E-state index is 12.8. The molecule has 3 N–H and O–H groups in total. The summed E-state index contributed by atoms with van der Waals surface area (Å²) in [5.41, 5.74) is 0.458. The highest BCUT2D eigenvalue weighted by Crippen LogP contribution is 2.48. The van der Waals surface area contributed by atoms with Crippen LogP contribution in [0.3, 0.4) is 0 Å². The molecule has 0 aromatic heterocycles. The van der Waals surface area contributed by atoms with Crippen LogP contribution in [0.25, 0.3) is 0 Å². The lowest BCUT2D eigenvalue weighted by Gasteiger charge is -2.26. The fraction of sp³-hybridized carbons (Fsp3) is 0.600. The molecule has 3 unspecified atom stereocenters. The van der Waals surface area contributed by atoms with E-state index in [9.17, 15) is 14.7 Å². The first kappa shape index (κ1) is 16.6. The zero-order chi connectivity index (χ0) is 17.4. The number of nitrogens with one attached hydrogen (secondary N) is 2. The molecule has 5 heteroatoms. The summed E-state index contributed by atoms with van der Waals surface area (Å²) in [6.45, 7) is -0.372. The minimum atomic E-state index is -0.868. The Morgan fingerprint density at radius 2 is 1.92 bits per heavy atom. The summed E-state index contributed by atoms with van der Waals surface area (Å²) in [4.78, 5) is 25.3. The van der Waals surface area contributed by atoms with Gasteiger partial charge in [0.15, 0.2) is 0 Å². The average Bonchev–Trinajstić information content (AvgIpc) is 3.20. The number of fused-ring (bicyclic) bond motifs is 2. The number of carbonyl (C=O) groups excluding carboxylic acids is 2. The van der Waals surface area contributed by atoms with Crippen molar-refractivity contribution in [1.82, 2.24) is 10.6 Å². The van der Waals surface area contributed by atoms with Gasteiger partial charge in [0.05, 0.1) is 12.0 Å². The van der Waals surface area contributed by atoms with Crippen molar-refractivity contribution in [3.8, 4) is 0 Å². The molecule has 134 valence electrons. The summed E-state index contributed by atoms with van der Waals surface area (Å²) in [6.07, 6.45) is 6.28. The first-order valence-corrected chi connectivity index (χ1v) is 9.40. The Morgan fingerprint density at radius 1 is 1.16 bits per heavy atom. The second-order valence-electron chi connectivity index (χ2n) is 7.95. The molecule has 3 aliphatic rings. The van der Waals surface area contributed by atoms with E-state index < -0.39 is 11.5 Å². The largest absolute Gasteiger partial charge is 0.394 e. The van der Waals surface area contributed by atoms with Crippen LogP contribution in [0, 0.1) is 11.8 Å². The third kappa shape index (κ3) is 3.06. The van der Waals surface area contributed by atoms with Crippen molar-refractivity contribution in [2.45, 2.75) is 56.0 Å². The Kier molecular flexibility index (Phi) is 4.28. The maximum atomic E-state index is 12.8. The fourth-order valence-corrected chi connectivity index (χ4v) is 4.72. The van der Waals surface area contributed by atoms with Crippen molar-refractivity contribution in [2.24, 2.45) is 11.8 Å². The molecule has 2 bridgehead atoms. The van der Waals surface area contributed by atoms with E-state index in [0.717, 1.165) is 30.7 Å². The zero-order valence-corrected chi connectivity index (χ0v) is 14.4. The summed E-state index contributed by atoms with van der Waals surface area (Å²) in [5.74, 6) is 0.909. The SMILES string of the molecule is O=C(NC1CC2CCC1C2)[C@H](CO)NC(=O)C1(c2ccccc2)CC1. The van der Waals surface area contributed by atoms with E-state index in [1.807, 2.05) is 30.3 Å². The quantitative estimate of drug-likeness (QED) is 0.733. The molecule has 1 aromatic carbocycles. The number of hydrogen-bond donors (Lipinski definition) is 3. The Morgan fingerprint density at radius 3 is 2.48 bits per heavy atom. The van der Waals surface area contributed by atoms with Crippen LogP contribution in [0.4, 0.5) is 0 Å². The first-order valence-electron chi connectivity index (χ1n) is 9.40. The number of rotatable bonds is 6. The lowest BCUT2D eigenvalue weighted by molar-refractivity contribution is -0.131. The molecule has 0 heterocycles. The van der Waals surface area contributed by atoms with Gasteiger partial charge in [0, 0.05) is 6.04 Å². The Hall–Kier alpha value is -1.88. The van der Waals surface area contributed by atoms with Gasteiger partial charge in [-0.2, -0.15) is 0 Å². The van der Waals surface area contributed by atoms with Crippen molar-refractivity contribution < 1.29 is 14.7 Å². The van der Waals surface area contributed by atoms with E-state index in [1.165, 1.54) is 19.3 Å². The van der Waals surface area contributed by atoms with Crippen LogP contribution in [0.5, 0.6) is 0 Å². The van der Waals surface area contributed by atoms with Gasteiger partial charge >= 0.3 is 0 Å². The predicted octanol–water partition coefficient (Wildman–Crippen LogP) is 1.50. The molecule has 5 nitrogen and oxygen atoms in total. The van der Waals surface area contributed by atoms with E-state index in [4.69, 9.17) is 0 Å². The van der Waals surface area contributed by atoms with Crippen LogP contribution < -0.4 is 10.6 Å². The summed E-state index contributed by atoms with van der Waals surface area (Å²) in [5, 5.41) is 15.5. The monoisotopic (exact) mass is 342 g/mol. The number of carbonyl (C=O) groups is 2. The highest BCUT2D eigenvalue weighted by Gasteiger charge is 2.52. The Labute approximate surface area is 148 Å². The minimum absolute atomic E-state index is 0.152. The lowest BCUT2D eigenvalue weighted by atomic mass is 9.94. The first-order chi connectivity index (χ1) is 12.1. The molecular weight excluding hydrogens is 316 g/mol. The number of amides is 2. The molecule has 3 saturated carbocycles. The van der Waals surface area contributed by atoms with Gasteiger partial charge in [0.2, 0.25) is 11.8 Å². The van der Waals surface area contributed by atoms with Crippen LogP contribution in [0.1, 0.15) is 44.1 Å². The molecule has 4 atom stereocenters. The van der Waals surface area contributed by atoms with E-state index in [0.29, 0.717) is 5.92 Å². The standard InChI is InChI=1S/C20H26N2O3/c23-12-17(18(24)21-16-11-13-6-7-14(16)10-13)22-19(25)20(8-9-20)15-4-2-1-3-5-15/h1-5,13-14,16-17,23H,6-12H2,(H,21,24)(H,22,25)/t13?,14?,16?,17-/m0/s1. The van der Waals surface area contributed by atoms with Crippen molar-refractivity contribution in [2.75, 3.05) is 6.61 Å². The zero-order valence-electron chi connectivity index (χ0n) is 14.4. The number of aliphatic hydroxyl groups is 1. The topological polar surface area (TPSA) is 78.4 Å². The van der Waals surface area contributed by atoms with Gasteiger partial charge in [-0.25, -0.2) is 0 Å². The summed E-state index contributed by atoms with van der Waals surface area (Å²) in [7, 11) is 0. The number of benzene rings is 1. The van der Waals surface area contributed by atoms with Crippen molar-refractivity contribution in [3.63, 3.8) is 0 Å². The smallest absolute Gasteiger partial charge is 0.245 e. The summed E-state index contributed by atoms with van der Waals surface area (Å²) in [6, 6.07) is 9.03. The number of hydrogen-bond acceptors (Lipinski definition) is 3. The number of aliphatic hydroxyl groups excluding tert-OH is 1. The summed E-state index contributed by atoms with van der Waals surface area (Å²) < 4.78 is 0. The molecule has 0 spiro atoms. The predicted molar refractivity (Wildman–Crippen MR) is 93.7 cm³/mol. The Balaban J connectivity index is 1.38. The second-order valence-corrected chi connectivity index (χ2v) is 7.95. The van der Waals surface area contributed by atoms with Gasteiger partial charge < -0.3 is 15.7 Å². The molecule has 4 rings (SSSR count). The van der Waals surface area contributed by atoms with Crippen molar-refractivity contribution in [3.05, 3.63) is 35.9 Å². The van der Waals surface area contributed by atoms with Gasteiger partial charge in [-0.3, -0.25) is 9.59 Å². The van der Waals surface area contributed by atoms with E-state index in [-0.39, 0.29) is 24.5 Å². The van der Waals surface area contributed by atoms with Crippen molar-refractivity contribution in [1.29, 1.82) is 0 Å². The normalized spacial score (nSPS) is 29.9. The molecule has 0 aliphatic heterocycles. The highest BCUT2D eigenvalue weighted by atomic mass is 16.3. The second kappa shape index (κ2) is 6.45. The van der Waals surface area contributed by atoms with E-state index >= 15 is 0 Å². The van der Waals surface area contributed by atoms with Crippen LogP contribution in [-0.2, 0) is 15.0 Å². The molecule has 0 radical (unpaired) electrons. The van der Waals surface area contributed by atoms with E-state index in [2.05, 4.69) is 10.6 Å². The van der Waals surface area contributed by atoms with Gasteiger partial charge in [-0.05, 0) is 49.5 Å². The lowest BCUT2D eigenvalue weighted by Crippen LogP contribution is -2.54. The molecule has 0 saturated heterocycles. The van der Waals surface area contributed by atoms with Gasteiger partial charge in [-0.1, -0.05) is 36.8 Å². The fourth-order valence-electron chi connectivity index (χ4n) is 4.72. The molecule has 2 amide bonds. The van der Waals surface area contributed by atoms with Gasteiger partial charge in [0.25, 0.3) is 0 Å². The molecular formula is C20H26N2O3. The van der Waals surface area contributed by atoms with Gasteiger partial charge in [0.1, 0.15) is 6.04 Å². The Bertz CT molecular complexity index is 656. The highest BCUT2D eigenvalue weighted by molar-refractivity contribution is 5.95. The third-order valence-electron chi connectivity index (χ3n) is 6.38. The maximum Gasteiger partial charge on any atom is 0.245 e. The van der Waals surface area contributed by atoms with Gasteiger partial charge in [-0.15, -0.1) is 0 Å². The van der Waals surface area contributed by atoms with E-state index in [1.54, 1.807) is 0 Å². The third-order valence-corrected chi connectivity index (χ3v) is 6.38. The van der Waals surface area contributed by atoms with Crippen LogP contribution in [0.2, 0.25) is 0 Å².